The quantitative estimate of drug-likeness (QED) is 0.615. The molecule has 0 amide bonds. The topological polar surface area (TPSA) is 83.5 Å². The average Bonchev–Trinajstić information content (AvgIpc) is 2.28. The maximum Gasteiger partial charge on any atom is 0.341 e. The molecule has 0 bridgehead atoms. The van der Waals surface area contributed by atoms with Crippen LogP contribution in [0.3, 0.4) is 0 Å². The molecule has 0 radical (unpaired) electrons. The second-order valence-electron chi connectivity index (χ2n) is 3.51. The fraction of sp³-hybridized carbons (Fsp3) is 0.182. The highest BCUT2D eigenvalue weighted by Crippen LogP contribution is 2.21. The molecule has 19 heavy (non-hydrogen) atoms. The van der Waals surface area contributed by atoms with Gasteiger partial charge in [0.15, 0.2) is 5.82 Å². The number of aromatic carboxylic acids is 1. The van der Waals surface area contributed by atoms with E-state index in [4.69, 9.17) is 5.11 Å². The van der Waals surface area contributed by atoms with Crippen LogP contribution in [0.2, 0.25) is 0 Å². The van der Waals surface area contributed by atoms with Gasteiger partial charge in [-0.1, -0.05) is 6.08 Å². The number of carboxylic acids is 1. The van der Waals surface area contributed by atoms with E-state index < -0.39 is 38.1 Å². The summed E-state index contributed by atoms with van der Waals surface area (Å²) in [4.78, 5) is 9.77. The summed E-state index contributed by atoms with van der Waals surface area (Å²) >= 11 is 0. The molecule has 0 spiro atoms. The fourth-order valence-electron chi connectivity index (χ4n) is 1.31. The molecule has 0 atom stereocenters. The number of sulfonamides is 1. The normalized spacial score (nSPS) is 11.3. The summed E-state index contributed by atoms with van der Waals surface area (Å²) in [6.45, 7) is 3.36. The van der Waals surface area contributed by atoms with Crippen molar-refractivity contribution in [2.75, 3.05) is 6.54 Å². The summed E-state index contributed by atoms with van der Waals surface area (Å²) in [5.74, 6) is -4.84. The Morgan fingerprint density at radius 3 is 2.58 bits per heavy atom. The second kappa shape index (κ2) is 5.89. The number of hydrogen-bond donors (Lipinski definition) is 2. The van der Waals surface area contributed by atoms with Crippen LogP contribution < -0.4 is 4.72 Å². The Morgan fingerprint density at radius 2 is 2.05 bits per heavy atom. The molecule has 0 unspecified atom stereocenters. The Bertz CT molecular complexity index is 613. The first-order valence-corrected chi connectivity index (χ1v) is 6.61. The van der Waals surface area contributed by atoms with Gasteiger partial charge in [-0.2, -0.15) is 0 Å². The standard InChI is InChI=1S/C11H11F2NO4S/c1-2-3-6-14-19(17,18)8-5-4-7(12)9(10(8)13)11(15)16/h2,4-5,14H,1,3,6H2,(H,15,16). The predicted molar refractivity (Wildman–Crippen MR) is 63.3 cm³/mol. The molecule has 0 aliphatic rings. The number of halogens is 2. The van der Waals surface area contributed by atoms with E-state index in [9.17, 15) is 22.0 Å². The van der Waals surface area contributed by atoms with E-state index in [0.29, 0.717) is 18.6 Å². The van der Waals surface area contributed by atoms with Crippen molar-refractivity contribution in [1.82, 2.24) is 4.72 Å². The summed E-state index contributed by atoms with van der Waals surface area (Å²) in [7, 11) is -4.24. The molecule has 1 aromatic carbocycles. The molecule has 0 aromatic heterocycles. The molecular formula is C11H11F2NO4S. The molecular weight excluding hydrogens is 280 g/mol. The Morgan fingerprint density at radius 1 is 1.42 bits per heavy atom. The zero-order valence-corrected chi connectivity index (χ0v) is 10.5. The van der Waals surface area contributed by atoms with Crippen LogP contribution in [0.1, 0.15) is 16.8 Å². The molecule has 8 heteroatoms. The van der Waals surface area contributed by atoms with Crippen molar-refractivity contribution in [3.8, 4) is 0 Å². The summed E-state index contributed by atoms with van der Waals surface area (Å²) in [6, 6.07) is 1.27. The largest absolute Gasteiger partial charge is 0.477 e. The third kappa shape index (κ3) is 3.36. The first kappa shape index (κ1) is 15.3. The van der Waals surface area contributed by atoms with Crippen molar-refractivity contribution in [3.05, 3.63) is 42.0 Å². The third-order valence-corrected chi connectivity index (χ3v) is 3.68. The lowest BCUT2D eigenvalue weighted by Crippen LogP contribution is -2.26. The van der Waals surface area contributed by atoms with Crippen LogP contribution in [0.25, 0.3) is 0 Å². The van der Waals surface area contributed by atoms with Crippen LogP contribution >= 0.6 is 0 Å². The van der Waals surface area contributed by atoms with Gasteiger partial charge in [-0.15, -0.1) is 6.58 Å². The molecule has 104 valence electrons. The first-order chi connectivity index (χ1) is 8.81. The molecule has 0 heterocycles. The van der Waals surface area contributed by atoms with Gasteiger partial charge in [-0.05, 0) is 18.6 Å². The van der Waals surface area contributed by atoms with Gasteiger partial charge in [-0.3, -0.25) is 0 Å². The zero-order valence-electron chi connectivity index (χ0n) is 9.69. The van der Waals surface area contributed by atoms with E-state index in [1.807, 2.05) is 4.72 Å². The molecule has 0 saturated carbocycles. The van der Waals surface area contributed by atoms with E-state index in [1.54, 1.807) is 0 Å². The summed E-state index contributed by atoms with van der Waals surface area (Å²) in [5, 5.41) is 8.64. The van der Waals surface area contributed by atoms with Gasteiger partial charge in [-0.25, -0.2) is 26.7 Å². The molecule has 5 nitrogen and oxygen atoms in total. The number of carbonyl (C=O) groups is 1. The summed E-state index contributed by atoms with van der Waals surface area (Å²) in [6.07, 6.45) is 1.76. The minimum Gasteiger partial charge on any atom is -0.477 e. The molecule has 2 N–H and O–H groups in total. The van der Waals surface area contributed by atoms with E-state index in [-0.39, 0.29) is 6.54 Å². The molecule has 0 saturated heterocycles. The van der Waals surface area contributed by atoms with E-state index in [1.165, 1.54) is 6.08 Å². The first-order valence-electron chi connectivity index (χ1n) is 5.13. The van der Waals surface area contributed by atoms with Crippen molar-refractivity contribution in [1.29, 1.82) is 0 Å². The van der Waals surface area contributed by atoms with E-state index in [0.717, 1.165) is 0 Å². The molecule has 1 rings (SSSR count). The van der Waals surface area contributed by atoms with Gasteiger partial charge >= 0.3 is 5.97 Å². The van der Waals surface area contributed by atoms with Crippen molar-refractivity contribution in [3.63, 3.8) is 0 Å². The second-order valence-corrected chi connectivity index (χ2v) is 5.25. The Balaban J connectivity index is 3.25. The van der Waals surface area contributed by atoms with E-state index >= 15 is 0 Å². The monoisotopic (exact) mass is 291 g/mol. The van der Waals surface area contributed by atoms with Gasteiger partial charge in [0, 0.05) is 6.54 Å². The molecule has 0 aliphatic heterocycles. The van der Waals surface area contributed by atoms with Gasteiger partial charge in [0.05, 0.1) is 0 Å². The smallest absolute Gasteiger partial charge is 0.341 e. The van der Waals surface area contributed by atoms with Crippen LogP contribution in [-0.4, -0.2) is 26.0 Å². The Kier molecular flexibility index (Phi) is 4.73. The summed E-state index contributed by atoms with van der Waals surface area (Å²) < 4.78 is 52.3. The zero-order chi connectivity index (χ0) is 14.6. The summed E-state index contributed by atoms with van der Waals surface area (Å²) in [5.41, 5.74) is -1.30. The number of benzene rings is 1. The van der Waals surface area contributed by atoms with Crippen LogP contribution in [0.15, 0.2) is 29.7 Å². The lowest BCUT2D eigenvalue weighted by atomic mass is 10.2. The van der Waals surface area contributed by atoms with Crippen LogP contribution in [0.5, 0.6) is 0 Å². The minimum atomic E-state index is -4.24. The van der Waals surface area contributed by atoms with Crippen LogP contribution in [-0.2, 0) is 10.0 Å². The van der Waals surface area contributed by atoms with Crippen molar-refractivity contribution in [2.45, 2.75) is 11.3 Å². The number of hydrogen-bond acceptors (Lipinski definition) is 3. The fourth-order valence-corrected chi connectivity index (χ4v) is 2.44. The molecule has 1 aromatic rings. The number of nitrogens with one attached hydrogen (secondary N) is 1. The van der Waals surface area contributed by atoms with Gasteiger partial charge in [0.1, 0.15) is 16.3 Å². The average molecular weight is 291 g/mol. The molecule has 0 fully saturated rings. The van der Waals surface area contributed by atoms with Gasteiger partial charge in [0.25, 0.3) is 0 Å². The number of rotatable bonds is 6. The highest BCUT2D eigenvalue weighted by molar-refractivity contribution is 7.89. The molecule has 0 aliphatic carbocycles. The highest BCUT2D eigenvalue weighted by Gasteiger charge is 2.26. The van der Waals surface area contributed by atoms with Gasteiger partial charge in [0.2, 0.25) is 10.0 Å². The third-order valence-electron chi connectivity index (χ3n) is 2.20. The number of carboxylic acid groups (broad SMARTS) is 1. The highest BCUT2D eigenvalue weighted by atomic mass is 32.2. The minimum absolute atomic E-state index is 0.0228. The van der Waals surface area contributed by atoms with Gasteiger partial charge < -0.3 is 5.11 Å². The van der Waals surface area contributed by atoms with Crippen molar-refractivity contribution in [2.24, 2.45) is 0 Å². The van der Waals surface area contributed by atoms with Crippen molar-refractivity contribution >= 4 is 16.0 Å². The van der Waals surface area contributed by atoms with E-state index in [2.05, 4.69) is 6.58 Å². The Hall–Kier alpha value is -1.80. The SMILES string of the molecule is C=CCCNS(=O)(=O)c1ccc(F)c(C(=O)O)c1F. The maximum absolute atomic E-state index is 13.7. The maximum atomic E-state index is 13.7. The van der Waals surface area contributed by atoms with Crippen LogP contribution in [0, 0.1) is 11.6 Å². The van der Waals surface area contributed by atoms with Crippen LogP contribution in [0.4, 0.5) is 8.78 Å². The van der Waals surface area contributed by atoms with Crippen molar-refractivity contribution < 1.29 is 27.1 Å². The Labute approximate surface area is 108 Å². The lowest BCUT2D eigenvalue weighted by Gasteiger charge is -2.08. The lowest BCUT2D eigenvalue weighted by molar-refractivity contribution is 0.0685. The predicted octanol–water partition coefficient (Wildman–Crippen LogP) is 1.52.